The highest BCUT2D eigenvalue weighted by Crippen LogP contribution is 2.15. The second kappa shape index (κ2) is 7.76. The fourth-order valence-corrected chi connectivity index (χ4v) is 3.11. The maximum atomic E-state index is 12.1. The van der Waals surface area contributed by atoms with Gasteiger partial charge in [-0.2, -0.15) is 0 Å². The number of hydrogen-bond acceptors (Lipinski definition) is 3. The van der Waals surface area contributed by atoms with Crippen LogP contribution in [0.3, 0.4) is 0 Å². The average Bonchev–Trinajstić information content (AvgIpc) is 2.45. The van der Waals surface area contributed by atoms with E-state index in [0.717, 1.165) is 9.87 Å². The summed E-state index contributed by atoms with van der Waals surface area (Å²) in [6.07, 6.45) is 1.19. The molecule has 7 heteroatoms. The molecule has 0 aliphatic rings. The highest BCUT2D eigenvalue weighted by molar-refractivity contribution is 7.89. The van der Waals surface area contributed by atoms with Crippen LogP contribution in [0.2, 0.25) is 5.02 Å². The number of benzene rings is 1. The van der Waals surface area contributed by atoms with E-state index in [1.165, 1.54) is 25.1 Å². The predicted octanol–water partition coefficient (Wildman–Crippen LogP) is 2.13. The van der Waals surface area contributed by atoms with E-state index >= 15 is 0 Å². The molecule has 0 heterocycles. The number of sulfonamides is 1. The SMILES string of the molecule is C=CC(=O)N(Cc1ccc(Cl)cc1)C(C)CS(=O)(=O)N(C)C. The molecular weight excluding hydrogens is 324 g/mol. The molecule has 0 fully saturated rings. The molecule has 0 radical (unpaired) electrons. The average molecular weight is 345 g/mol. The van der Waals surface area contributed by atoms with Gasteiger partial charge in [-0.25, -0.2) is 12.7 Å². The summed E-state index contributed by atoms with van der Waals surface area (Å²) in [6.45, 7) is 5.48. The van der Waals surface area contributed by atoms with E-state index in [1.54, 1.807) is 31.2 Å². The Kier molecular flexibility index (Phi) is 6.59. The molecule has 122 valence electrons. The molecule has 0 spiro atoms. The van der Waals surface area contributed by atoms with Crippen molar-refractivity contribution in [3.8, 4) is 0 Å². The topological polar surface area (TPSA) is 57.7 Å². The molecule has 0 aliphatic heterocycles. The molecule has 0 N–H and O–H groups in total. The molecule has 1 aromatic carbocycles. The van der Waals surface area contributed by atoms with Crippen LogP contribution in [0.5, 0.6) is 0 Å². The lowest BCUT2D eigenvalue weighted by atomic mass is 10.2. The molecule has 0 aromatic heterocycles. The lowest BCUT2D eigenvalue weighted by molar-refractivity contribution is -0.128. The van der Waals surface area contributed by atoms with Gasteiger partial charge in [-0.15, -0.1) is 0 Å². The van der Waals surface area contributed by atoms with Crippen LogP contribution in [-0.4, -0.2) is 49.4 Å². The number of carbonyl (C=O) groups is 1. The standard InChI is InChI=1S/C15H21ClN2O3S/c1-5-15(19)18(10-13-6-8-14(16)9-7-13)12(2)11-22(20,21)17(3)4/h5-9,12H,1,10-11H2,2-4H3. The zero-order chi connectivity index (χ0) is 16.9. The third-order valence-corrected chi connectivity index (χ3v) is 5.53. The Morgan fingerprint density at radius 1 is 1.32 bits per heavy atom. The predicted molar refractivity (Wildman–Crippen MR) is 89.1 cm³/mol. The molecular formula is C15H21ClN2O3S. The van der Waals surface area contributed by atoms with Crippen molar-refractivity contribution in [3.05, 3.63) is 47.5 Å². The Balaban J connectivity index is 2.95. The van der Waals surface area contributed by atoms with Crippen LogP contribution in [0.4, 0.5) is 0 Å². The van der Waals surface area contributed by atoms with Crippen molar-refractivity contribution in [2.75, 3.05) is 19.8 Å². The fraction of sp³-hybridized carbons (Fsp3) is 0.400. The molecule has 5 nitrogen and oxygen atoms in total. The summed E-state index contributed by atoms with van der Waals surface area (Å²) in [7, 11) is -0.453. The maximum Gasteiger partial charge on any atom is 0.246 e. The van der Waals surface area contributed by atoms with Crippen molar-refractivity contribution in [1.29, 1.82) is 0 Å². The summed E-state index contributed by atoms with van der Waals surface area (Å²) in [5, 5.41) is 0.605. The van der Waals surface area contributed by atoms with Crippen molar-refractivity contribution in [2.24, 2.45) is 0 Å². The van der Waals surface area contributed by atoms with Crippen molar-refractivity contribution >= 4 is 27.5 Å². The van der Waals surface area contributed by atoms with Crippen LogP contribution in [0, 0.1) is 0 Å². The second-order valence-electron chi connectivity index (χ2n) is 5.21. The van der Waals surface area contributed by atoms with E-state index in [2.05, 4.69) is 6.58 Å². The third kappa shape index (κ3) is 5.12. The quantitative estimate of drug-likeness (QED) is 0.712. The smallest absolute Gasteiger partial charge is 0.246 e. The van der Waals surface area contributed by atoms with E-state index in [0.29, 0.717) is 11.6 Å². The van der Waals surface area contributed by atoms with E-state index in [9.17, 15) is 13.2 Å². The van der Waals surface area contributed by atoms with Gasteiger partial charge in [0.05, 0.1) is 5.75 Å². The first-order chi connectivity index (χ1) is 10.2. The molecule has 0 saturated carbocycles. The first kappa shape index (κ1) is 18.7. The Labute approximate surface area is 137 Å². The summed E-state index contributed by atoms with van der Waals surface area (Å²) >= 11 is 5.84. The summed E-state index contributed by atoms with van der Waals surface area (Å²) in [4.78, 5) is 13.5. The first-order valence-electron chi connectivity index (χ1n) is 6.75. The summed E-state index contributed by atoms with van der Waals surface area (Å²) in [5.41, 5.74) is 0.869. The summed E-state index contributed by atoms with van der Waals surface area (Å²) in [6, 6.07) is 6.59. The van der Waals surface area contributed by atoms with Crippen molar-refractivity contribution in [2.45, 2.75) is 19.5 Å². The minimum Gasteiger partial charge on any atom is -0.331 e. The van der Waals surface area contributed by atoms with Crippen LogP contribution in [-0.2, 0) is 21.4 Å². The monoisotopic (exact) mass is 344 g/mol. The molecule has 1 atom stereocenters. The summed E-state index contributed by atoms with van der Waals surface area (Å²) < 4.78 is 25.2. The third-order valence-electron chi connectivity index (χ3n) is 3.26. The molecule has 1 rings (SSSR count). The van der Waals surface area contributed by atoms with E-state index in [4.69, 9.17) is 11.6 Å². The Morgan fingerprint density at radius 2 is 1.86 bits per heavy atom. The number of amides is 1. The van der Waals surface area contributed by atoms with Crippen molar-refractivity contribution in [3.63, 3.8) is 0 Å². The molecule has 1 unspecified atom stereocenters. The normalized spacial score (nSPS) is 13.0. The van der Waals surface area contributed by atoms with Gasteiger partial charge in [0.15, 0.2) is 0 Å². The number of rotatable bonds is 7. The van der Waals surface area contributed by atoms with Gasteiger partial charge in [-0.05, 0) is 30.7 Å². The van der Waals surface area contributed by atoms with Crippen molar-refractivity contribution < 1.29 is 13.2 Å². The second-order valence-corrected chi connectivity index (χ2v) is 7.87. The van der Waals surface area contributed by atoms with Crippen molar-refractivity contribution in [1.82, 2.24) is 9.21 Å². The highest BCUT2D eigenvalue weighted by Gasteiger charge is 2.25. The minimum atomic E-state index is -3.40. The van der Waals surface area contributed by atoms with Gasteiger partial charge in [-0.3, -0.25) is 4.79 Å². The lowest BCUT2D eigenvalue weighted by Gasteiger charge is -2.29. The van der Waals surface area contributed by atoms with Crippen LogP contribution in [0.15, 0.2) is 36.9 Å². The van der Waals surface area contributed by atoms with Gasteiger partial charge < -0.3 is 4.90 Å². The molecule has 1 amide bonds. The van der Waals surface area contributed by atoms with E-state index < -0.39 is 16.1 Å². The van der Waals surface area contributed by atoms with Crippen LogP contribution >= 0.6 is 11.6 Å². The minimum absolute atomic E-state index is 0.146. The van der Waals surface area contributed by atoms with Crippen LogP contribution in [0.25, 0.3) is 0 Å². The Morgan fingerprint density at radius 3 is 2.32 bits per heavy atom. The lowest BCUT2D eigenvalue weighted by Crippen LogP contribution is -2.43. The van der Waals surface area contributed by atoms with Gasteiger partial charge in [0, 0.05) is 31.7 Å². The molecule has 0 saturated heterocycles. The highest BCUT2D eigenvalue weighted by atomic mass is 35.5. The molecule has 1 aromatic rings. The molecule has 22 heavy (non-hydrogen) atoms. The van der Waals surface area contributed by atoms with Crippen LogP contribution < -0.4 is 0 Å². The van der Waals surface area contributed by atoms with Gasteiger partial charge in [-0.1, -0.05) is 30.3 Å². The maximum absolute atomic E-state index is 12.1. The zero-order valence-corrected chi connectivity index (χ0v) is 14.6. The Hall–Kier alpha value is -1.37. The first-order valence-corrected chi connectivity index (χ1v) is 8.73. The number of nitrogens with zero attached hydrogens (tertiary/aromatic N) is 2. The molecule has 0 aliphatic carbocycles. The Bertz CT molecular complexity index is 627. The van der Waals surface area contributed by atoms with Gasteiger partial charge in [0.25, 0.3) is 0 Å². The van der Waals surface area contributed by atoms with Crippen LogP contribution in [0.1, 0.15) is 12.5 Å². The van der Waals surface area contributed by atoms with E-state index in [1.807, 2.05) is 0 Å². The largest absolute Gasteiger partial charge is 0.331 e. The number of halogens is 1. The fourth-order valence-electron chi connectivity index (χ4n) is 1.90. The van der Waals surface area contributed by atoms with Gasteiger partial charge in [0.1, 0.15) is 0 Å². The molecule has 0 bridgehead atoms. The summed E-state index contributed by atoms with van der Waals surface area (Å²) in [5.74, 6) is -0.455. The number of carbonyl (C=O) groups excluding carboxylic acids is 1. The van der Waals surface area contributed by atoms with E-state index in [-0.39, 0.29) is 11.7 Å². The van der Waals surface area contributed by atoms with Gasteiger partial charge >= 0.3 is 0 Å². The zero-order valence-electron chi connectivity index (χ0n) is 13.0. The number of hydrogen-bond donors (Lipinski definition) is 0. The van der Waals surface area contributed by atoms with Gasteiger partial charge in [0.2, 0.25) is 15.9 Å².